The topological polar surface area (TPSA) is 93.2 Å². The number of piperazine rings is 1. The molecule has 0 bridgehead atoms. The summed E-state index contributed by atoms with van der Waals surface area (Å²) in [6, 6.07) is 5.36. The average molecular weight is 461 g/mol. The summed E-state index contributed by atoms with van der Waals surface area (Å²) in [5.74, 6) is -1.92. The number of rotatable bonds is 5. The summed E-state index contributed by atoms with van der Waals surface area (Å²) >= 11 is 0. The third-order valence-electron chi connectivity index (χ3n) is 6.51. The third-order valence-corrected chi connectivity index (χ3v) is 6.51. The zero-order chi connectivity index (χ0) is 24.3. The van der Waals surface area contributed by atoms with Gasteiger partial charge in [-0.3, -0.25) is 19.2 Å². The Morgan fingerprint density at radius 2 is 1.73 bits per heavy atom. The van der Waals surface area contributed by atoms with Crippen molar-refractivity contribution in [2.75, 3.05) is 33.3 Å². The van der Waals surface area contributed by atoms with E-state index in [2.05, 4.69) is 6.58 Å². The van der Waals surface area contributed by atoms with Crippen LogP contribution in [0.3, 0.4) is 0 Å². The number of nitrogens with zero attached hydrogens (tertiary/aromatic N) is 2. The number of halogens is 1. The van der Waals surface area contributed by atoms with E-state index in [9.17, 15) is 23.6 Å². The van der Waals surface area contributed by atoms with Gasteiger partial charge in [0.15, 0.2) is 11.2 Å². The van der Waals surface area contributed by atoms with Crippen molar-refractivity contribution in [1.82, 2.24) is 9.80 Å². The largest absolute Gasteiger partial charge is 0.468 e. The van der Waals surface area contributed by atoms with Crippen molar-refractivity contribution in [1.29, 1.82) is 0 Å². The predicted molar refractivity (Wildman–Crippen MR) is 117 cm³/mol. The van der Waals surface area contributed by atoms with Gasteiger partial charge in [0.1, 0.15) is 5.82 Å². The Kier molecular flexibility index (Phi) is 7.31. The Bertz CT molecular complexity index is 954. The van der Waals surface area contributed by atoms with Gasteiger partial charge in [0.25, 0.3) is 5.91 Å². The van der Waals surface area contributed by atoms with Crippen LogP contribution in [0.5, 0.6) is 0 Å². The number of carbonyl (C=O) groups is 4. The van der Waals surface area contributed by atoms with Crippen LogP contribution in [-0.2, 0) is 23.9 Å². The van der Waals surface area contributed by atoms with Gasteiger partial charge in [-0.25, -0.2) is 4.39 Å². The maximum atomic E-state index is 13.1. The fourth-order valence-corrected chi connectivity index (χ4v) is 4.27. The highest BCUT2D eigenvalue weighted by molar-refractivity contribution is 6.13. The molecule has 8 nitrogen and oxygen atoms in total. The van der Waals surface area contributed by atoms with Gasteiger partial charge >= 0.3 is 5.97 Å². The van der Waals surface area contributed by atoms with Crippen LogP contribution in [0.1, 0.15) is 37.0 Å². The number of ketones is 1. The molecule has 0 radical (unpaired) electrons. The van der Waals surface area contributed by atoms with Crippen molar-refractivity contribution in [3.05, 3.63) is 47.8 Å². The summed E-state index contributed by atoms with van der Waals surface area (Å²) in [4.78, 5) is 53.9. The highest BCUT2D eigenvalue weighted by Gasteiger charge is 2.54. The van der Waals surface area contributed by atoms with E-state index >= 15 is 0 Å². The van der Waals surface area contributed by atoms with Crippen molar-refractivity contribution in [2.24, 2.45) is 5.41 Å². The number of benzene rings is 1. The summed E-state index contributed by atoms with van der Waals surface area (Å²) in [7, 11) is 1.20. The number of esters is 1. The highest BCUT2D eigenvalue weighted by atomic mass is 19.1. The molecule has 2 fully saturated rings. The second kappa shape index (κ2) is 9.82. The lowest BCUT2D eigenvalue weighted by atomic mass is 9.72. The monoisotopic (exact) mass is 460 g/mol. The van der Waals surface area contributed by atoms with Gasteiger partial charge < -0.3 is 19.3 Å². The minimum Gasteiger partial charge on any atom is -0.468 e. The summed E-state index contributed by atoms with van der Waals surface area (Å²) in [5.41, 5.74) is -0.959. The molecule has 3 rings (SSSR count). The summed E-state index contributed by atoms with van der Waals surface area (Å²) in [6.07, 6.45) is -1.13. The Hall–Kier alpha value is -3.07. The predicted octanol–water partition coefficient (Wildman–Crippen LogP) is 1.98. The molecule has 0 N–H and O–H groups in total. The van der Waals surface area contributed by atoms with E-state index < -0.39 is 35.2 Å². The molecule has 2 amide bonds. The maximum Gasteiger partial charge on any atom is 0.322 e. The third kappa shape index (κ3) is 4.83. The maximum absolute atomic E-state index is 13.1. The van der Waals surface area contributed by atoms with E-state index in [1.54, 1.807) is 16.7 Å². The molecule has 0 unspecified atom stereocenters. The Balaban J connectivity index is 1.58. The molecule has 2 aliphatic rings. The quantitative estimate of drug-likeness (QED) is 0.379. The van der Waals surface area contributed by atoms with Crippen LogP contribution in [0, 0.1) is 11.2 Å². The first-order valence-corrected chi connectivity index (χ1v) is 10.9. The van der Waals surface area contributed by atoms with Crippen LogP contribution in [0.15, 0.2) is 36.4 Å². The summed E-state index contributed by atoms with van der Waals surface area (Å²) < 4.78 is 23.8. The molecule has 33 heavy (non-hydrogen) atoms. The number of Topliss-reactive ketones (excluding diaryl/α,β-unsaturated/α-hetero) is 1. The number of carbonyl (C=O) groups excluding carboxylic acids is 4. The molecule has 1 aromatic rings. The molecule has 9 heteroatoms. The number of hydrogen-bond acceptors (Lipinski definition) is 6. The lowest BCUT2D eigenvalue weighted by Crippen LogP contribution is -2.55. The molecule has 0 saturated carbocycles. The molecule has 2 heterocycles. The SMILES string of the molecule is C=C1C(=O)[C@](C)(C(=O)OC)[C@H](CCC(=O)N2CCN(C(=O)c3ccc(F)cc3)CC2)O[C@@H]1C. The lowest BCUT2D eigenvalue weighted by Gasteiger charge is -2.41. The van der Waals surface area contributed by atoms with E-state index in [4.69, 9.17) is 9.47 Å². The van der Waals surface area contributed by atoms with Gasteiger partial charge in [0, 0.05) is 43.7 Å². The second-order valence-corrected chi connectivity index (χ2v) is 8.53. The first kappa shape index (κ1) is 24.6. The Labute approximate surface area is 192 Å². The highest BCUT2D eigenvalue weighted by Crippen LogP contribution is 2.39. The molecular weight excluding hydrogens is 431 g/mol. The first-order valence-electron chi connectivity index (χ1n) is 10.9. The zero-order valence-electron chi connectivity index (χ0n) is 19.1. The lowest BCUT2D eigenvalue weighted by molar-refractivity contribution is -0.176. The van der Waals surface area contributed by atoms with Crippen LogP contribution in [0.4, 0.5) is 4.39 Å². The number of methoxy groups -OCH3 is 1. The van der Waals surface area contributed by atoms with Gasteiger partial charge in [-0.1, -0.05) is 6.58 Å². The van der Waals surface area contributed by atoms with Crippen LogP contribution in [0.2, 0.25) is 0 Å². The molecule has 3 atom stereocenters. The van der Waals surface area contributed by atoms with E-state index in [-0.39, 0.29) is 30.2 Å². The second-order valence-electron chi connectivity index (χ2n) is 8.53. The van der Waals surface area contributed by atoms with Crippen LogP contribution >= 0.6 is 0 Å². The number of amides is 2. The average Bonchev–Trinajstić information content (AvgIpc) is 2.83. The van der Waals surface area contributed by atoms with Crippen molar-refractivity contribution < 1.29 is 33.0 Å². The van der Waals surface area contributed by atoms with E-state index in [1.165, 1.54) is 38.3 Å². The van der Waals surface area contributed by atoms with Gasteiger partial charge in [0.2, 0.25) is 5.91 Å². The fourth-order valence-electron chi connectivity index (χ4n) is 4.27. The standard InChI is InChI=1S/C24H29FN2O6/c1-15-16(2)33-19(24(3,21(15)29)23(31)32-4)9-10-20(28)26-11-13-27(14-12-26)22(30)17-5-7-18(25)8-6-17/h5-8,16,19H,1,9-14H2,2-4H3/t16-,19+,24-/m1/s1. The van der Waals surface area contributed by atoms with E-state index in [1.807, 2.05) is 0 Å². The molecule has 1 aromatic carbocycles. The minimum absolute atomic E-state index is 0.0790. The van der Waals surface area contributed by atoms with Crippen molar-refractivity contribution in [3.8, 4) is 0 Å². The molecule has 0 spiro atoms. The molecular formula is C24H29FN2O6. The molecule has 0 aromatic heterocycles. The minimum atomic E-state index is -1.56. The van der Waals surface area contributed by atoms with E-state index in [0.717, 1.165) is 0 Å². The molecule has 0 aliphatic carbocycles. The number of ether oxygens (including phenoxy) is 2. The van der Waals surface area contributed by atoms with Crippen molar-refractivity contribution >= 4 is 23.6 Å². The summed E-state index contributed by atoms with van der Waals surface area (Å²) in [6.45, 7) is 8.31. The normalized spacial score (nSPS) is 25.7. The Morgan fingerprint density at radius 1 is 1.15 bits per heavy atom. The van der Waals surface area contributed by atoms with Crippen molar-refractivity contribution in [2.45, 2.75) is 38.9 Å². The van der Waals surface area contributed by atoms with E-state index in [0.29, 0.717) is 31.7 Å². The Morgan fingerprint density at radius 3 is 2.30 bits per heavy atom. The van der Waals surface area contributed by atoms with Crippen LogP contribution in [0.25, 0.3) is 0 Å². The summed E-state index contributed by atoms with van der Waals surface area (Å²) in [5, 5.41) is 0. The molecule has 2 aliphatic heterocycles. The van der Waals surface area contributed by atoms with Crippen LogP contribution < -0.4 is 0 Å². The van der Waals surface area contributed by atoms with Crippen LogP contribution in [-0.4, -0.2) is 78.9 Å². The van der Waals surface area contributed by atoms with Gasteiger partial charge in [-0.15, -0.1) is 0 Å². The van der Waals surface area contributed by atoms with Gasteiger partial charge in [-0.2, -0.15) is 0 Å². The zero-order valence-corrected chi connectivity index (χ0v) is 19.1. The molecule has 2 saturated heterocycles. The van der Waals surface area contributed by atoms with Gasteiger partial charge in [-0.05, 0) is 44.5 Å². The smallest absolute Gasteiger partial charge is 0.322 e. The number of hydrogen-bond donors (Lipinski definition) is 0. The fraction of sp³-hybridized carbons (Fsp3) is 0.500. The molecule has 178 valence electrons. The first-order chi connectivity index (χ1) is 15.6. The van der Waals surface area contributed by atoms with Crippen molar-refractivity contribution in [3.63, 3.8) is 0 Å². The van der Waals surface area contributed by atoms with Gasteiger partial charge in [0.05, 0.1) is 19.3 Å².